The molecule has 1 aliphatic rings. The third-order valence-electron chi connectivity index (χ3n) is 3.02. The Morgan fingerprint density at radius 1 is 1.59 bits per heavy atom. The fraction of sp³-hybridized carbons (Fsp3) is 0.600. The maximum Gasteiger partial charge on any atom is 0.303 e. The van der Waals surface area contributed by atoms with Crippen LogP contribution in [0.4, 0.5) is 0 Å². The fourth-order valence-electron chi connectivity index (χ4n) is 1.85. The molecule has 1 N–H and O–H groups in total. The van der Waals surface area contributed by atoms with E-state index in [2.05, 4.69) is 5.10 Å². The summed E-state index contributed by atoms with van der Waals surface area (Å²) in [6.45, 7) is 0.467. The van der Waals surface area contributed by atoms with Gasteiger partial charge in [0, 0.05) is 24.4 Å². The second-order valence-corrected chi connectivity index (χ2v) is 6.73. The van der Waals surface area contributed by atoms with Crippen LogP contribution in [0.5, 0.6) is 0 Å². The van der Waals surface area contributed by atoms with Gasteiger partial charge in [0.15, 0.2) is 9.84 Å². The highest BCUT2D eigenvalue weighted by Crippen LogP contribution is 2.50. The number of hydrogen-bond donors (Lipinski definition) is 1. The van der Waals surface area contributed by atoms with Gasteiger partial charge in [-0.15, -0.1) is 0 Å². The van der Waals surface area contributed by atoms with E-state index < -0.39 is 15.8 Å². The van der Waals surface area contributed by atoms with Crippen molar-refractivity contribution >= 4 is 15.8 Å². The first-order valence-corrected chi connectivity index (χ1v) is 7.14. The average molecular weight is 258 g/mol. The Labute approximate surface area is 99.2 Å². The van der Waals surface area contributed by atoms with E-state index in [1.807, 2.05) is 0 Å². The lowest BCUT2D eigenvalue weighted by molar-refractivity contribution is -0.138. The molecule has 1 aromatic rings. The number of aliphatic carboxylic acids is 1. The number of rotatable bonds is 5. The number of carboxylic acids is 1. The van der Waals surface area contributed by atoms with Crippen LogP contribution in [0.1, 0.15) is 19.3 Å². The SMILES string of the molecule is CS(=O)(=O)c1cnn(CC2(CC(=O)O)CC2)c1. The Balaban J connectivity index is 2.10. The van der Waals surface area contributed by atoms with Crippen molar-refractivity contribution in [2.75, 3.05) is 6.26 Å². The topological polar surface area (TPSA) is 89.3 Å². The molecule has 0 aromatic carbocycles. The lowest BCUT2D eigenvalue weighted by Crippen LogP contribution is -2.16. The molecule has 6 nitrogen and oxygen atoms in total. The molecule has 1 aromatic heterocycles. The van der Waals surface area contributed by atoms with E-state index in [1.54, 1.807) is 0 Å². The maximum absolute atomic E-state index is 11.3. The van der Waals surface area contributed by atoms with Gasteiger partial charge >= 0.3 is 5.97 Å². The Kier molecular flexibility index (Phi) is 2.73. The van der Waals surface area contributed by atoms with Crippen LogP contribution in [0.3, 0.4) is 0 Å². The van der Waals surface area contributed by atoms with E-state index in [-0.39, 0.29) is 16.7 Å². The summed E-state index contributed by atoms with van der Waals surface area (Å²) in [5, 5.41) is 12.7. The summed E-state index contributed by atoms with van der Waals surface area (Å²) in [6.07, 6.45) is 5.70. The van der Waals surface area contributed by atoms with Crippen molar-refractivity contribution in [2.24, 2.45) is 5.41 Å². The minimum atomic E-state index is -3.24. The molecule has 17 heavy (non-hydrogen) atoms. The number of carbonyl (C=O) groups is 1. The summed E-state index contributed by atoms with van der Waals surface area (Å²) < 4.78 is 24.0. The quantitative estimate of drug-likeness (QED) is 0.832. The summed E-state index contributed by atoms with van der Waals surface area (Å²) in [4.78, 5) is 10.9. The van der Waals surface area contributed by atoms with Gasteiger partial charge in [-0.25, -0.2) is 8.42 Å². The molecule has 0 spiro atoms. The Bertz CT molecular complexity index is 542. The fourth-order valence-corrected chi connectivity index (χ4v) is 2.41. The van der Waals surface area contributed by atoms with Crippen LogP contribution < -0.4 is 0 Å². The zero-order valence-corrected chi connectivity index (χ0v) is 10.3. The van der Waals surface area contributed by atoms with Crippen LogP contribution in [0.25, 0.3) is 0 Å². The second kappa shape index (κ2) is 3.83. The van der Waals surface area contributed by atoms with Gasteiger partial charge in [0.1, 0.15) is 4.90 Å². The molecule has 1 heterocycles. The first kappa shape index (κ1) is 12.1. The summed E-state index contributed by atoms with van der Waals surface area (Å²) in [7, 11) is -3.24. The van der Waals surface area contributed by atoms with E-state index in [1.165, 1.54) is 17.1 Å². The molecular weight excluding hydrogens is 244 g/mol. The Morgan fingerprint density at radius 2 is 2.24 bits per heavy atom. The molecule has 1 aliphatic carbocycles. The molecule has 0 bridgehead atoms. The molecule has 0 unspecified atom stereocenters. The van der Waals surface area contributed by atoms with Crippen LogP contribution >= 0.6 is 0 Å². The molecule has 2 rings (SSSR count). The van der Waals surface area contributed by atoms with Gasteiger partial charge in [0.2, 0.25) is 0 Å². The number of nitrogens with zero attached hydrogens (tertiary/aromatic N) is 2. The van der Waals surface area contributed by atoms with Crippen LogP contribution in [-0.2, 0) is 21.2 Å². The van der Waals surface area contributed by atoms with Crippen molar-refractivity contribution in [2.45, 2.75) is 30.7 Å². The molecule has 1 saturated carbocycles. The normalized spacial score (nSPS) is 17.9. The van der Waals surface area contributed by atoms with Crippen LogP contribution in [-0.4, -0.2) is 35.5 Å². The molecule has 1 fully saturated rings. The third-order valence-corrected chi connectivity index (χ3v) is 4.09. The van der Waals surface area contributed by atoms with Crippen molar-refractivity contribution in [3.63, 3.8) is 0 Å². The predicted molar refractivity (Wildman–Crippen MR) is 59.3 cm³/mol. The average Bonchev–Trinajstić information content (AvgIpc) is 2.73. The molecule has 0 atom stereocenters. The second-order valence-electron chi connectivity index (χ2n) is 4.72. The Morgan fingerprint density at radius 3 is 2.65 bits per heavy atom. The lowest BCUT2D eigenvalue weighted by atomic mass is 10.0. The first-order valence-electron chi connectivity index (χ1n) is 5.25. The molecule has 0 radical (unpaired) electrons. The Hall–Kier alpha value is -1.37. The number of sulfone groups is 1. The molecule has 94 valence electrons. The number of hydrogen-bond acceptors (Lipinski definition) is 4. The highest BCUT2D eigenvalue weighted by Gasteiger charge is 2.45. The molecule has 0 saturated heterocycles. The van der Waals surface area contributed by atoms with Crippen LogP contribution in [0.15, 0.2) is 17.3 Å². The summed E-state index contributed by atoms with van der Waals surface area (Å²) in [6, 6.07) is 0. The van der Waals surface area contributed by atoms with Crippen molar-refractivity contribution in [1.29, 1.82) is 0 Å². The number of aromatic nitrogens is 2. The first-order chi connectivity index (χ1) is 7.81. The van der Waals surface area contributed by atoms with Gasteiger partial charge in [0.25, 0.3) is 0 Å². The predicted octanol–water partition coefficient (Wildman–Crippen LogP) is 0.541. The van der Waals surface area contributed by atoms with Crippen molar-refractivity contribution in [3.05, 3.63) is 12.4 Å². The highest BCUT2D eigenvalue weighted by atomic mass is 32.2. The van der Waals surface area contributed by atoms with Crippen molar-refractivity contribution in [3.8, 4) is 0 Å². The molecular formula is C10H14N2O4S. The minimum Gasteiger partial charge on any atom is -0.481 e. The van der Waals surface area contributed by atoms with Gasteiger partial charge in [0.05, 0.1) is 12.6 Å². The van der Waals surface area contributed by atoms with E-state index in [0.29, 0.717) is 6.54 Å². The summed E-state index contributed by atoms with van der Waals surface area (Å²) >= 11 is 0. The zero-order chi connectivity index (χ0) is 12.7. The standard InChI is InChI=1S/C10H14N2O4S/c1-17(15,16)8-5-11-12(6-8)7-10(2-3-10)4-9(13)14/h5-6H,2-4,7H2,1H3,(H,13,14). The third kappa shape index (κ3) is 2.85. The molecule has 0 aliphatic heterocycles. The maximum atomic E-state index is 11.3. The van der Waals surface area contributed by atoms with Crippen LogP contribution in [0, 0.1) is 5.41 Å². The molecule has 0 amide bonds. The van der Waals surface area contributed by atoms with Crippen molar-refractivity contribution < 1.29 is 18.3 Å². The summed E-state index contributed by atoms with van der Waals surface area (Å²) in [5.41, 5.74) is -0.230. The molecule has 7 heteroatoms. The van der Waals surface area contributed by atoms with E-state index in [4.69, 9.17) is 5.11 Å². The number of carboxylic acid groups (broad SMARTS) is 1. The highest BCUT2D eigenvalue weighted by molar-refractivity contribution is 7.90. The minimum absolute atomic E-state index is 0.112. The van der Waals surface area contributed by atoms with Crippen LogP contribution in [0.2, 0.25) is 0 Å². The van der Waals surface area contributed by atoms with E-state index in [0.717, 1.165) is 19.1 Å². The van der Waals surface area contributed by atoms with Gasteiger partial charge in [-0.3, -0.25) is 9.48 Å². The van der Waals surface area contributed by atoms with E-state index >= 15 is 0 Å². The largest absolute Gasteiger partial charge is 0.481 e. The van der Waals surface area contributed by atoms with Gasteiger partial charge in [-0.2, -0.15) is 5.10 Å². The van der Waals surface area contributed by atoms with E-state index in [9.17, 15) is 13.2 Å². The van der Waals surface area contributed by atoms with Gasteiger partial charge in [-0.1, -0.05) is 0 Å². The monoisotopic (exact) mass is 258 g/mol. The lowest BCUT2D eigenvalue weighted by Gasteiger charge is -2.11. The smallest absolute Gasteiger partial charge is 0.303 e. The van der Waals surface area contributed by atoms with Gasteiger partial charge < -0.3 is 5.11 Å². The van der Waals surface area contributed by atoms with Crippen molar-refractivity contribution in [1.82, 2.24) is 9.78 Å². The van der Waals surface area contributed by atoms with Gasteiger partial charge in [-0.05, 0) is 12.8 Å². The zero-order valence-electron chi connectivity index (χ0n) is 9.46. The summed E-state index contributed by atoms with van der Waals surface area (Å²) in [5.74, 6) is -0.821.